The van der Waals surface area contributed by atoms with E-state index in [9.17, 15) is 0 Å². The third-order valence-electron chi connectivity index (χ3n) is 11.9. The fraction of sp³-hybridized carbons (Fsp3) is 0.0196. The molecule has 2 aliphatic carbocycles. The zero-order valence-electron chi connectivity index (χ0n) is 28.2. The normalized spacial score (nSPS) is 15.7. The molecule has 1 heteroatoms. The van der Waals surface area contributed by atoms with Gasteiger partial charge in [0, 0.05) is 15.2 Å². The van der Waals surface area contributed by atoms with Crippen molar-refractivity contribution >= 4 is 33.3 Å². The van der Waals surface area contributed by atoms with Gasteiger partial charge in [0.1, 0.15) is 0 Å². The van der Waals surface area contributed by atoms with Gasteiger partial charge in [0.05, 0.1) is 5.41 Å². The van der Waals surface area contributed by atoms with Crippen molar-refractivity contribution in [1.82, 2.24) is 0 Å². The first-order valence-corrected chi connectivity index (χ1v) is 18.9. The minimum atomic E-state index is -0.377. The molecule has 0 bridgehead atoms. The van der Waals surface area contributed by atoms with E-state index >= 15 is 0 Å². The van der Waals surface area contributed by atoms with Crippen LogP contribution in [0.1, 0.15) is 22.3 Å². The summed E-state index contributed by atoms with van der Waals surface area (Å²) >= 11 is 1.88. The van der Waals surface area contributed by atoms with Crippen molar-refractivity contribution < 1.29 is 0 Å². The maximum atomic E-state index is 2.40. The molecule has 9 aromatic carbocycles. The maximum Gasteiger partial charge on any atom is 0.0725 e. The van der Waals surface area contributed by atoms with Crippen LogP contribution in [0, 0.1) is 0 Å². The Bertz CT molecular complexity index is 2990. The fourth-order valence-electron chi connectivity index (χ4n) is 9.86. The summed E-state index contributed by atoms with van der Waals surface area (Å²) in [7, 11) is 0. The van der Waals surface area contributed by atoms with Crippen LogP contribution in [0.4, 0.5) is 0 Å². The van der Waals surface area contributed by atoms with Crippen LogP contribution < -0.4 is 0 Å². The summed E-state index contributed by atoms with van der Waals surface area (Å²) in [5.74, 6) is 0. The maximum absolute atomic E-state index is 2.40. The van der Waals surface area contributed by atoms with E-state index in [-0.39, 0.29) is 5.41 Å². The van der Waals surface area contributed by atoms with Crippen molar-refractivity contribution in [1.29, 1.82) is 0 Å². The number of fused-ring (bicyclic) bond motifs is 14. The summed E-state index contributed by atoms with van der Waals surface area (Å²) in [6.45, 7) is 0. The van der Waals surface area contributed by atoms with Crippen molar-refractivity contribution in [3.05, 3.63) is 204 Å². The highest BCUT2D eigenvalue weighted by molar-refractivity contribution is 7.99. The molecule has 52 heavy (non-hydrogen) atoms. The van der Waals surface area contributed by atoms with Gasteiger partial charge in [-0.1, -0.05) is 182 Å². The Labute approximate surface area is 307 Å². The van der Waals surface area contributed by atoms with Gasteiger partial charge in [-0.15, -0.1) is 0 Å². The predicted molar refractivity (Wildman–Crippen MR) is 218 cm³/mol. The minimum Gasteiger partial charge on any atom is -0.0888 e. The molecule has 240 valence electrons. The second-order valence-electron chi connectivity index (χ2n) is 14.3. The molecule has 0 fully saturated rings. The average molecular weight is 675 g/mol. The molecule has 0 nitrogen and oxygen atoms in total. The molecule has 0 N–H and O–H groups in total. The smallest absolute Gasteiger partial charge is 0.0725 e. The molecule has 1 spiro atoms. The highest BCUT2D eigenvalue weighted by atomic mass is 32.2. The molecule has 0 saturated carbocycles. The van der Waals surface area contributed by atoms with Gasteiger partial charge in [-0.3, -0.25) is 0 Å². The molecule has 0 radical (unpaired) electrons. The van der Waals surface area contributed by atoms with E-state index in [1.54, 1.807) is 0 Å². The van der Waals surface area contributed by atoms with E-state index in [0.29, 0.717) is 0 Å². The summed E-state index contributed by atoms with van der Waals surface area (Å²) in [5, 5.41) is 5.28. The molecule has 1 atom stereocenters. The molecule has 1 aliphatic heterocycles. The van der Waals surface area contributed by atoms with Crippen LogP contribution in [0.25, 0.3) is 77.2 Å². The van der Waals surface area contributed by atoms with Crippen LogP contribution in [-0.2, 0) is 5.41 Å². The van der Waals surface area contributed by atoms with Gasteiger partial charge < -0.3 is 0 Å². The van der Waals surface area contributed by atoms with E-state index in [1.807, 2.05) is 11.8 Å². The van der Waals surface area contributed by atoms with Crippen LogP contribution in [0.5, 0.6) is 0 Å². The predicted octanol–water partition coefficient (Wildman–Crippen LogP) is 13.8. The van der Waals surface area contributed by atoms with Gasteiger partial charge in [0.25, 0.3) is 0 Å². The van der Waals surface area contributed by atoms with E-state index in [2.05, 4.69) is 182 Å². The first-order valence-electron chi connectivity index (χ1n) is 18.1. The van der Waals surface area contributed by atoms with E-state index < -0.39 is 0 Å². The third-order valence-corrected chi connectivity index (χ3v) is 13.0. The summed E-state index contributed by atoms with van der Waals surface area (Å²) in [5.41, 5.74) is 18.2. The molecule has 1 heterocycles. The van der Waals surface area contributed by atoms with Crippen molar-refractivity contribution in [2.75, 3.05) is 0 Å². The minimum absolute atomic E-state index is 0.377. The molecule has 3 aliphatic rings. The van der Waals surface area contributed by atoms with E-state index in [0.717, 1.165) is 0 Å². The Morgan fingerprint density at radius 1 is 0.308 bits per heavy atom. The third kappa shape index (κ3) is 3.59. The number of hydrogen-bond acceptors (Lipinski definition) is 1. The Kier molecular flexibility index (Phi) is 5.73. The molecule has 1 unspecified atom stereocenters. The summed E-state index contributed by atoms with van der Waals surface area (Å²) in [6.07, 6.45) is 0. The van der Waals surface area contributed by atoms with Crippen molar-refractivity contribution in [2.45, 2.75) is 15.2 Å². The van der Waals surface area contributed by atoms with E-state index in [1.165, 1.54) is 109 Å². The molecule has 0 saturated heterocycles. The summed E-state index contributed by atoms with van der Waals surface area (Å²) in [6, 6.07) is 68.4. The largest absolute Gasteiger partial charge is 0.0888 e. The second-order valence-corrected chi connectivity index (χ2v) is 15.4. The average Bonchev–Trinajstić information content (AvgIpc) is 3.69. The first-order chi connectivity index (χ1) is 25.8. The van der Waals surface area contributed by atoms with Crippen molar-refractivity contribution in [3.8, 4) is 55.6 Å². The Morgan fingerprint density at radius 2 is 0.885 bits per heavy atom. The molecule has 0 amide bonds. The van der Waals surface area contributed by atoms with Gasteiger partial charge in [-0.2, -0.15) is 0 Å². The van der Waals surface area contributed by atoms with Gasteiger partial charge in [-0.05, 0) is 106 Å². The summed E-state index contributed by atoms with van der Waals surface area (Å²) in [4.78, 5) is 2.66. The highest BCUT2D eigenvalue weighted by Crippen LogP contribution is 2.65. The number of benzene rings is 9. The molecular weight excluding hydrogens is 645 g/mol. The zero-order valence-corrected chi connectivity index (χ0v) is 29.0. The van der Waals surface area contributed by atoms with Crippen LogP contribution >= 0.6 is 11.8 Å². The quantitative estimate of drug-likeness (QED) is 0.176. The fourth-order valence-corrected chi connectivity index (χ4v) is 11.0. The lowest BCUT2D eigenvalue weighted by Crippen LogP contribution is -2.25. The van der Waals surface area contributed by atoms with Crippen molar-refractivity contribution in [2.24, 2.45) is 0 Å². The molecule has 12 rings (SSSR count). The van der Waals surface area contributed by atoms with Crippen LogP contribution in [0.3, 0.4) is 0 Å². The Hall–Kier alpha value is -6.15. The zero-order chi connectivity index (χ0) is 34.0. The van der Waals surface area contributed by atoms with Gasteiger partial charge >= 0.3 is 0 Å². The monoisotopic (exact) mass is 674 g/mol. The highest BCUT2D eigenvalue weighted by Gasteiger charge is 2.52. The van der Waals surface area contributed by atoms with E-state index in [4.69, 9.17) is 0 Å². The second kappa shape index (κ2) is 10.4. The standard InChI is InChI=1S/C51H30S/c1-2-12-35-31(11-1)27-29-45-49(35)41-15-4-7-20-43(41)51(45)42-19-6-3-14-40(42)48-36(16-10-21-44(48)51)33-25-23-32(24-26-33)34-28-30-47-50-38(34)17-9-18-39(50)37-13-5-8-22-46(37)52-47/h1-30H. The molecular formula is C51H30S. The Balaban J connectivity index is 1.05. The summed E-state index contributed by atoms with van der Waals surface area (Å²) < 4.78 is 0. The lowest BCUT2D eigenvalue weighted by atomic mass is 9.70. The van der Waals surface area contributed by atoms with Gasteiger partial charge in [0.2, 0.25) is 0 Å². The lowest BCUT2D eigenvalue weighted by Gasteiger charge is -2.30. The van der Waals surface area contributed by atoms with Crippen molar-refractivity contribution in [3.63, 3.8) is 0 Å². The molecule has 9 aromatic rings. The topological polar surface area (TPSA) is 0 Å². The van der Waals surface area contributed by atoms with Gasteiger partial charge in [0.15, 0.2) is 0 Å². The first kappa shape index (κ1) is 28.5. The molecule has 0 aromatic heterocycles. The SMILES string of the molecule is c1ccc2c(c1)Sc1ccc(-c3ccc(-c4cccc5c4-c4ccccc4C54c5ccccc5-c5c4ccc4ccccc54)cc3)c3cccc-2c13. The van der Waals surface area contributed by atoms with Crippen LogP contribution in [0.2, 0.25) is 0 Å². The van der Waals surface area contributed by atoms with Crippen LogP contribution in [-0.4, -0.2) is 0 Å². The van der Waals surface area contributed by atoms with Gasteiger partial charge in [-0.25, -0.2) is 0 Å². The lowest BCUT2D eigenvalue weighted by molar-refractivity contribution is 0.794. The number of hydrogen-bond donors (Lipinski definition) is 0. The van der Waals surface area contributed by atoms with Crippen LogP contribution in [0.15, 0.2) is 192 Å². The Morgan fingerprint density at radius 3 is 1.71 bits per heavy atom. The number of rotatable bonds is 2.